The number of aliphatic hydroxyl groups is 2. The van der Waals surface area contributed by atoms with Gasteiger partial charge in [-0.2, -0.15) is 9.45 Å². The molecule has 20 heavy (non-hydrogen) atoms. The first kappa shape index (κ1) is 13.4. The number of nitrogens with zero attached hydrogens (tertiary/aromatic N) is 2. The van der Waals surface area contributed by atoms with E-state index in [2.05, 4.69) is 0 Å². The minimum Gasteiger partial charge on any atom is -0.389 e. The monoisotopic (exact) mass is 287 g/mol. The van der Waals surface area contributed by atoms with Gasteiger partial charge in [-0.3, -0.25) is 19.2 Å². The number of aromatic amines is 1. The van der Waals surface area contributed by atoms with Crippen molar-refractivity contribution in [2.45, 2.75) is 37.3 Å². The van der Waals surface area contributed by atoms with Crippen LogP contribution in [0.4, 0.5) is 4.39 Å². The minimum atomic E-state index is -1.06. The van der Waals surface area contributed by atoms with Gasteiger partial charge in [0.2, 0.25) is 5.82 Å². The highest BCUT2D eigenvalue weighted by atomic mass is 19.1. The number of hydrogen-bond acceptors (Lipinski definition) is 6. The first-order valence-corrected chi connectivity index (χ1v) is 6.24. The third-order valence-corrected chi connectivity index (χ3v) is 3.68. The maximum atomic E-state index is 13.1. The van der Waals surface area contributed by atoms with E-state index in [1.54, 1.807) is 0 Å². The molecule has 2 fully saturated rings. The zero-order valence-corrected chi connectivity index (χ0v) is 10.4. The Hall–Kier alpha value is -1.55. The normalized spacial score (nSPS) is 33.5. The van der Waals surface area contributed by atoms with Gasteiger partial charge in [0.05, 0.1) is 43.6 Å². The predicted octanol–water partition coefficient (Wildman–Crippen LogP) is -2.21. The molecule has 0 saturated carbocycles. The molecule has 1 aromatic rings. The highest BCUT2D eigenvalue weighted by molar-refractivity contribution is 4.95. The zero-order chi connectivity index (χ0) is 14.4. The molecule has 2 saturated heterocycles. The van der Waals surface area contributed by atoms with E-state index < -0.39 is 35.4 Å². The molecule has 0 amide bonds. The number of fused-ring (bicyclic) bond motifs is 1. The summed E-state index contributed by atoms with van der Waals surface area (Å²) in [6.45, 7) is 0.250. The number of hydroxylamine groups is 2. The van der Waals surface area contributed by atoms with Crippen LogP contribution in [0.5, 0.6) is 0 Å². The molecular weight excluding hydrogens is 273 g/mol. The molecule has 2 aliphatic rings. The third kappa shape index (κ3) is 2.18. The lowest BCUT2D eigenvalue weighted by Gasteiger charge is -2.15. The van der Waals surface area contributed by atoms with Gasteiger partial charge in [0, 0.05) is 0 Å². The van der Waals surface area contributed by atoms with Crippen LogP contribution in [0.3, 0.4) is 0 Å². The number of halogens is 1. The van der Waals surface area contributed by atoms with Crippen LogP contribution in [0.25, 0.3) is 0 Å². The van der Waals surface area contributed by atoms with Gasteiger partial charge in [-0.25, -0.2) is 4.79 Å². The van der Waals surface area contributed by atoms with Crippen LogP contribution in [0.1, 0.15) is 6.42 Å². The van der Waals surface area contributed by atoms with E-state index >= 15 is 0 Å². The third-order valence-electron chi connectivity index (χ3n) is 3.68. The van der Waals surface area contributed by atoms with Crippen molar-refractivity contribution in [2.24, 2.45) is 0 Å². The topological polar surface area (TPSA) is 108 Å². The van der Waals surface area contributed by atoms with Gasteiger partial charge >= 0.3 is 5.69 Å². The largest absolute Gasteiger partial charge is 0.389 e. The molecule has 110 valence electrons. The molecule has 0 radical (unpaired) electrons. The lowest BCUT2D eigenvalue weighted by atomic mass is 10.1. The maximum Gasteiger partial charge on any atom is 0.328 e. The van der Waals surface area contributed by atoms with Crippen LogP contribution in [0.15, 0.2) is 15.8 Å². The molecule has 0 unspecified atom stereocenters. The SMILES string of the molecule is O=c1[nH]c(=O)n(C[C@@H]2C[C@H]3[C@H](O)[C@@H](O)CN3O2)cc1F. The Morgan fingerprint density at radius 3 is 2.90 bits per heavy atom. The van der Waals surface area contributed by atoms with Crippen LogP contribution < -0.4 is 11.2 Å². The Kier molecular flexibility index (Phi) is 3.21. The highest BCUT2D eigenvalue weighted by Crippen LogP contribution is 2.31. The lowest BCUT2D eigenvalue weighted by molar-refractivity contribution is -0.157. The van der Waals surface area contributed by atoms with Gasteiger partial charge in [0.25, 0.3) is 5.56 Å². The van der Waals surface area contributed by atoms with Gasteiger partial charge in [0.1, 0.15) is 0 Å². The Morgan fingerprint density at radius 2 is 2.20 bits per heavy atom. The fourth-order valence-electron chi connectivity index (χ4n) is 2.68. The predicted molar refractivity (Wildman–Crippen MR) is 63.3 cm³/mol. The Balaban J connectivity index is 1.74. The standard InChI is InChI=1S/C11H14FN3O5/c12-6-3-14(11(19)13-10(6)18)2-5-1-7-9(17)8(16)4-15(7)20-5/h3,5,7-9,16-17H,1-2,4H2,(H,13,18,19)/t5-,7-,8-,9-/m0/s1. The number of hydrogen-bond donors (Lipinski definition) is 3. The van der Waals surface area contributed by atoms with Crippen LogP contribution in [-0.4, -0.2) is 55.7 Å². The summed E-state index contributed by atoms with van der Waals surface area (Å²) < 4.78 is 14.2. The number of rotatable bonds is 2. The van der Waals surface area contributed by atoms with Crippen molar-refractivity contribution in [1.82, 2.24) is 14.6 Å². The van der Waals surface area contributed by atoms with Crippen molar-refractivity contribution in [1.29, 1.82) is 0 Å². The van der Waals surface area contributed by atoms with E-state index in [0.717, 1.165) is 10.8 Å². The van der Waals surface area contributed by atoms with E-state index in [1.807, 2.05) is 4.98 Å². The van der Waals surface area contributed by atoms with Crippen LogP contribution in [-0.2, 0) is 11.4 Å². The summed E-state index contributed by atoms with van der Waals surface area (Å²) in [5.41, 5.74) is -1.77. The van der Waals surface area contributed by atoms with Gasteiger partial charge in [-0.05, 0) is 6.42 Å². The zero-order valence-electron chi connectivity index (χ0n) is 10.4. The van der Waals surface area contributed by atoms with E-state index in [-0.39, 0.29) is 19.1 Å². The summed E-state index contributed by atoms with van der Waals surface area (Å²) in [6.07, 6.45) is -0.937. The van der Waals surface area contributed by atoms with Crippen molar-refractivity contribution in [2.75, 3.05) is 6.54 Å². The molecule has 1 aromatic heterocycles. The highest BCUT2D eigenvalue weighted by Gasteiger charge is 2.47. The second-order valence-electron chi connectivity index (χ2n) is 5.08. The van der Waals surface area contributed by atoms with Crippen molar-refractivity contribution in [3.05, 3.63) is 32.9 Å². The molecule has 3 N–H and O–H groups in total. The minimum absolute atomic E-state index is 0.0579. The average molecular weight is 287 g/mol. The van der Waals surface area contributed by atoms with Gasteiger partial charge < -0.3 is 10.2 Å². The number of nitrogens with one attached hydrogen (secondary N) is 1. The number of aliphatic hydroxyl groups excluding tert-OH is 2. The first-order valence-electron chi connectivity index (χ1n) is 6.24. The maximum absolute atomic E-state index is 13.1. The van der Waals surface area contributed by atoms with Gasteiger partial charge in [0.15, 0.2) is 0 Å². The van der Waals surface area contributed by atoms with E-state index in [9.17, 15) is 24.2 Å². The van der Waals surface area contributed by atoms with Crippen molar-refractivity contribution >= 4 is 0 Å². The average Bonchev–Trinajstić information content (AvgIpc) is 2.87. The van der Waals surface area contributed by atoms with Crippen molar-refractivity contribution < 1.29 is 19.4 Å². The second-order valence-corrected chi connectivity index (χ2v) is 5.08. The summed E-state index contributed by atoms with van der Waals surface area (Å²) >= 11 is 0. The van der Waals surface area contributed by atoms with E-state index in [0.29, 0.717) is 6.42 Å². The quantitative estimate of drug-likeness (QED) is 0.569. The molecule has 0 aromatic carbocycles. The van der Waals surface area contributed by atoms with Crippen LogP contribution >= 0.6 is 0 Å². The first-order chi connectivity index (χ1) is 9.45. The fraction of sp³-hybridized carbons (Fsp3) is 0.636. The molecule has 8 nitrogen and oxygen atoms in total. The molecule has 0 aliphatic carbocycles. The number of H-pyrrole nitrogens is 1. The van der Waals surface area contributed by atoms with Crippen LogP contribution in [0, 0.1) is 5.82 Å². The smallest absolute Gasteiger partial charge is 0.328 e. The molecule has 2 aliphatic heterocycles. The van der Waals surface area contributed by atoms with Crippen molar-refractivity contribution in [3.8, 4) is 0 Å². The molecule has 3 heterocycles. The Morgan fingerprint density at radius 1 is 1.45 bits per heavy atom. The van der Waals surface area contributed by atoms with E-state index in [4.69, 9.17) is 4.84 Å². The molecule has 0 spiro atoms. The summed E-state index contributed by atoms with van der Waals surface area (Å²) in [4.78, 5) is 29.8. The van der Waals surface area contributed by atoms with Gasteiger partial charge in [-0.1, -0.05) is 0 Å². The van der Waals surface area contributed by atoms with Crippen molar-refractivity contribution in [3.63, 3.8) is 0 Å². The Bertz CT molecular complexity index is 629. The number of aromatic nitrogens is 2. The summed E-state index contributed by atoms with van der Waals surface area (Å²) in [5.74, 6) is -1.04. The summed E-state index contributed by atoms with van der Waals surface area (Å²) in [6, 6.07) is -0.335. The second kappa shape index (κ2) is 4.77. The molecule has 3 rings (SSSR count). The van der Waals surface area contributed by atoms with Crippen LogP contribution in [0.2, 0.25) is 0 Å². The Labute approximate surface area is 112 Å². The molecule has 0 bridgehead atoms. The fourth-order valence-corrected chi connectivity index (χ4v) is 2.68. The molecule has 4 atom stereocenters. The summed E-state index contributed by atoms with van der Waals surface area (Å²) in [5, 5.41) is 20.7. The van der Waals surface area contributed by atoms with E-state index in [1.165, 1.54) is 5.06 Å². The van der Waals surface area contributed by atoms with Gasteiger partial charge in [-0.15, -0.1) is 0 Å². The lowest BCUT2D eigenvalue weighted by Crippen LogP contribution is -2.35. The molecule has 9 heteroatoms. The molecular formula is C11H14FN3O5. The summed E-state index contributed by atoms with van der Waals surface area (Å²) in [7, 11) is 0.